The molecule has 0 fully saturated rings. The second-order valence-electron chi connectivity index (χ2n) is 18.6. The Morgan fingerprint density at radius 2 is 0.696 bits per heavy atom. The summed E-state index contributed by atoms with van der Waals surface area (Å²) in [5.41, 5.74) is 20.2. The van der Waals surface area contributed by atoms with Crippen LogP contribution in [0.5, 0.6) is 0 Å². The minimum absolute atomic E-state index is 0.618. The van der Waals surface area contributed by atoms with E-state index < -0.39 is 10.8 Å². The Morgan fingerprint density at radius 1 is 0.261 bits per heavy atom. The van der Waals surface area contributed by atoms with Gasteiger partial charge in [0.2, 0.25) is 0 Å². The number of hydrogen-bond donors (Lipinski definition) is 0. The van der Waals surface area contributed by atoms with Gasteiger partial charge in [-0.25, -0.2) is 15.0 Å². The number of hydrogen-bond acceptors (Lipinski definition) is 3. The van der Waals surface area contributed by atoms with Crippen LogP contribution in [0, 0.1) is 0 Å². The predicted octanol–water partition coefficient (Wildman–Crippen LogP) is 15.0. The summed E-state index contributed by atoms with van der Waals surface area (Å²) in [6.45, 7) is 0. The Bertz CT molecular complexity index is 3980. The zero-order chi connectivity index (χ0) is 45.3. The van der Waals surface area contributed by atoms with Crippen LogP contribution in [-0.2, 0) is 10.8 Å². The van der Waals surface area contributed by atoms with Crippen LogP contribution in [-0.4, -0.2) is 19.5 Å². The number of aromatic nitrogens is 4. The summed E-state index contributed by atoms with van der Waals surface area (Å²) in [4.78, 5) is 15.8. The lowest BCUT2D eigenvalue weighted by molar-refractivity contribution is 0.633. The summed E-state index contributed by atoms with van der Waals surface area (Å²) >= 11 is 0. The van der Waals surface area contributed by atoms with Gasteiger partial charge in [0.25, 0.3) is 0 Å². The Balaban J connectivity index is 1.11. The van der Waals surface area contributed by atoms with Gasteiger partial charge in [0.1, 0.15) is 0 Å². The Hall–Kier alpha value is -8.99. The summed E-state index contributed by atoms with van der Waals surface area (Å²) in [6.07, 6.45) is 0. The summed E-state index contributed by atoms with van der Waals surface area (Å²) in [6, 6.07) is 89.0. The fourth-order valence-corrected chi connectivity index (χ4v) is 12.7. The lowest BCUT2D eigenvalue weighted by atomic mass is 9.52. The molecule has 0 amide bonds. The Kier molecular flexibility index (Phi) is 7.88. The third-order valence-corrected chi connectivity index (χ3v) is 15.3. The van der Waals surface area contributed by atoms with E-state index in [4.69, 9.17) is 15.0 Å². The van der Waals surface area contributed by atoms with E-state index >= 15 is 0 Å². The predicted molar refractivity (Wildman–Crippen MR) is 279 cm³/mol. The first-order chi connectivity index (χ1) is 34.2. The molecule has 0 saturated carbocycles. The summed E-state index contributed by atoms with van der Waals surface area (Å²) in [5, 5.41) is 2.47. The van der Waals surface area contributed by atoms with Crippen LogP contribution in [0.1, 0.15) is 44.5 Å². The maximum atomic E-state index is 5.34. The molecule has 2 aromatic heterocycles. The largest absolute Gasteiger partial charge is 0.309 e. The van der Waals surface area contributed by atoms with Gasteiger partial charge in [-0.2, -0.15) is 0 Å². The highest BCUT2D eigenvalue weighted by atomic mass is 15.0. The second-order valence-corrected chi connectivity index (χ2v) is 18.6. The molecule has 15 rings (SSSR count). The second kappa shape index (κ2) is 14.3. The van der Waals surface area contributed by atoms with Gasteiger partial charge in [0, 0.05) is 33.2 Å². The molecule has 0 radical (unpaired) electrons. The highest BCUT2D eigenvalue weighted by molar-refractivity contribution is 6.12. The Morgan fingerprint density at radius 3 is 1.28 bits per heavy atom. The fourth-order valence-electron chi connectivity index (χ4n) is 12.7. The molecule has 0 bridgehead atoms. The lowest BCUT2D eigenvalue weighted by Crippen LogP contribution is -2.43. The van der Waals surface area contributed by atoms with Crippen LogP contribution in [0.2, 0.25) is 0 Å². The van der Waals surface area contributed by atoms with E-state index in [0.29, 0.717) is 17.5 Å². The molecule has 0 saturated heterocycles. The molecule has 2 spiro atoms. The molecule has 1 unspecified atom stereocenters. The maximum Gasteiger partial charge on any atom is 0.164 e. The smallest absolute Gasteiger partial charge is 0.164 e. The third-order valence-electron chi connectivity index (χ3n) is 15.3. The van der Waals surface area contributed by atoms with E-state index in [9.17, 15) is 0 Å². The molecule has 0 aliphatic heterocycles. The third kappa shape index (κ3) is 5.04. The summed E-state index contributed by atoms with van der Waals surface area (Å²) in [7, 11) is 0. The molecular formula is C65H40N4. The average molecular weight is 877 g/mol. The van der Waals surface area contributed by atoms with E-state index in [-0.39, 0.29) is 0 Å². The molecule has 69 heavy (non-hydrogen) atoms. The maximum absolute atomic E-state index is 5.34. The van der Waals surface area contributed by atoms with Crippen molar-refractivity contribution < 1.29 is 0 Å². The van der Waals surface area contributed by atoms with Crippen molar-refractivity contribution in [3.05, 3.63) is 287 Å². The molecule has 3 aliphatic rings. The average Bonchev–Trinajstić information content (AvgIpc) is 4.02. The molecule has 4 nitrogen and oxygen atoms in total. The minimum atomic E-state index is -0.741. The van der Waals surface area contributed by atoms with Crippen LogP contribution in [0.3, 0.4) is 0 Å². The molecule has 10 aromatic carbocycles. The number of para-hydroxylation sites is 2. The van der Waals surface area contributed by atoms with Gasteiger partial charge in [-0.1, -0.05) is 206 Å². The van der Waals surface area contributed by atoms with Gasteiger partial charge in [-0.05, 0) is 103 Å². The van der Waals surface area contributed by atoms with Crippen LogP contribution in [0.25, 0.3) is 83.9 Å². The molecule has 4 heteroatoms. The quantitative estimate of drug-likeness (QED) is 0.177. The van der Waals surface area contributed by atoms with Crippen molar-refractivity contribution in [2.75, 3.05) is 0 Å². The van der Waals surface area contributed by atoms with Crippen molar-refractivity contribution in [2.24, 2.45) is 0 Å². The van der Waals surface area contributed by atoms with E-state index in [2.05, 4.69) is 211 Å². The van der Waals surface area contributed by atoms with E-state index in [0.717, 1.165) is 22.4 Å². The van der Waals surface area contributed by atoms with Crippen LogP contribution in [0.15, 0.2) is 243 Å². The van der Waals surface area contributed by atoms with Crippen molar-refractivity contribution >= 4 is 21.8 Å². The number of fused-ring (bicyclic) bond motifs is 19. The molecule has 3 aliphatic carbocycles. The first-order valence-corrected chi connectivity index (χ1v) is 23.8. The fraction of sp³-hybridized carbons (Fsp3) is 0.0308. The molecular weight excluding hydrogens is 837 g/mol. The van der Waals surface area contributed by atoms with Crippen molar-refractivity contribution in [3.8, 4) is 62.1 Å². The normalized spacial score (nSPS) is 15.4. The van der Waals surface area contributed by atoms with Crippen LogP contribution >= 0.6 is 0 Å². The van der Waals surface area contributed by atoms with E-state index in [1.807, 2.05) is 36.4 Å². The Labute approximate surface area is 399 Å². The topological polar surface area (TPSA) is 43.6 Å². The highest BCUT2D eigenvalue weighted by Crippen LogP contribution is 2.68. The van der Waals surface area contributed by atoms with E-state index in [1.54, 1.807) is 0 Å². The number of nitrogens with zero attached hydrogens (tertiary/aromatic N) is 4. The van der Waals surface area contributed by atoms with Gasteiger partial charge in [0.15, 0.2) is 17.5 Å². The van der Waals surface area contributed by atoms with Gasteiger partial charge >= 0.3 is 0 Å². The first kappa shape index (κ1) is 38.1. The lowest BCUT2D eigenvalue weighted by Gasteiger charge is -2.49. The standard InChI is InChI=1S/C65H40N4/c1-4-20-41(21-5-1)61-66-62(42-22-6-2-7-23-42)68-63(67-61)43-36-37-56-58(38-43)65(55-34-18-17-33-54(55)64(56)51-30-14-10-26-45(51)46-27-11-15-31-52(46)64)53-32-16-12-28-47(53)49-39-50-48-29-13-19-35-59(48)69(60(50)40-57(49)65)44-24-8-3-9-25-44/h1-40H. The number of benzene rings is 10. The van der Waals surface area contributed by atoms with E-state index in [1.165, 1.54) is 88.6 Å². The van der Waals surface area contributed by atoms with Crippen molar-refractivity contribution in [2.45, 2.75) is 10.8 Å². The monoisotopic (exact) mass is 876 g/mol. The van der Waals surface area contributed by atoms with Crippen LogP contribution < -0.4 is 0 Å². The van der Waals surface area contributed by atoms with Crippen molar-refractivity contribution in [3.63, 3.8) is 0 Å². The zero-order valence-electron chi connectivity index (χ0n) is 37.4. The summed E-state index contributed by atoms with van der Waals surface area (Å²) < 4.78 is 2.46. The van der Waals surface area contributed by atoms with Gasteiger partial charge in [0.05, 0.1) is 21.9 Å². The van der Waals surface area contributed by atoms with Crippen molar-refractivity contribution in [1.29, 1.82) is 0 Å². The van der Waals surface area contributed by atoms with Gasteiger partial charge in [-0.3, -0.25) is 0 Å². The minimum Gasteiger partial charge on any atom is -0.309 e. The zero-order valence-corrected chi connectivity index (χ0v) is 37.4. The molecule has 2 heterocycles. The van der Waals surface area contributed by atoms with Gasteiger partial charge in [-0.15, -0.1) is 0 Å². The summed E-state index contributed by atoms with van der Waals surface area (Å²) in [5.74, 6) is 1.91. The highest BCUT2D eigenvalue weighted by Gasteiger charge is 2.59. The van der Waals surface area contributed by atoms with Crippen LogP contribution in [0.4, 0.5) is 0 Å². The molecule has 0 N–H and O–H groups in total. The first-order valence-electron chi connectivity index (χ1n) is 23.8. The molecule has 1 atom stereocenters. The van der Waals surface area contributed by atoms with Gasteiger partial charge < -0.3 is 4.57 Å². The SMILES string of the molecule is c1ccc(-c2nc(-c3ccccc3)nc(-c3ccc4c(c3)C3(c5ccccc5-c5cc6c7ccccc7n(-c7ccccc7)c6cc53)c3ccccc3C43c4ccccc4-c4ccccc43)n2)cc1. The molecule has 12 aromatic rings. The molecule has 320 valence electrons. The van der Waals surface area contributed by atoms with Crippen molar-refractivity contribution in [1.82, 2.24) is 19.5 Å². The number of rotatable bonds is 4.